The molecule has 5 nitrogen and oxygen atoms in total. The molecule has 90 valence electrons. The molecule has 0 atom stereocenters. The minimum absolute atomic E-state index is 0.605. The molecular formula is C11H13BrN4O. The minimum Gasteiger partial charge on any atom is -0.340 e. The van der Waals surface area contributed by atoms with Gasteiger partial charge in [0.2, 0.25) is 5.89 Å². The van der Waals surface area contributed by atoms with Crippen LogP contribution in [0.1, 0.15) is 17.4 Å². The molecule has 0 aliphatic carbocycles. The van der Waals surface area contributed by atoms with E-state index in [1.54, 1.807) is 6.92 Å². The number of aromatic nitrogens is 3. The number of halogens is 1. The molecule has 2 rings (SSSR count). The van der Waals surface area contributed by atoms with Crippen LogP contribution in [0.5, 0.6) is 0 Å². The van der Waals surface area contributed by atoms with Gasteiger partial charge in [-0.2, -0.15) is 4.98 Å². The van der Waals surface area contributed by atoms with Crippen molar-refractivity contribution in [3.63, 3.8) is 0 Å². The first-order valence-electron chi connectivity index (χ1n) is 5.35. The summed E-state index contributed by atoms with van der Waals surface area (Å²) in [6, 6.07) is 5.86. The molecule has 6 heteroatoms. The van der Waals surface area contributed by atoms with Gasteiger partial charge < -0.3 is 9.84 Å². The topological polar surface area (TPSA) is 63.8 Å². The zero-order valence-corrected chi connectivity index (χ0v) is 11.1. The quantitative estimate of drug-likeness (QED) is 0.674. The highest BCUT2D eigenvalue weighted by atomic mass is 79.9. The van der Waals surface area contributed by atoms with Crippen molar-refractivity contribution in [2.24, 2.45) is 0 Å². The van der Waals surface area contributed by atoms with E-state index in [4.69, 9.17) is 4.52 Å². The highest BCUT2D eigenvalue weighted by Crippen LogP contribution is 2.05. The second kappa shape index (κ2) is 5.88. The van der Waals surface area contributed by atoms with Crippen molar-refractivity contribution in [3.05, 3.63) is 40.2 Å². The summed E-state index contributed by atoms with van der Waals surface area (Å²) in [6.45, 7) is 3.32. The lowest BCUT2D eigenvalue weighted by Gasteiger charge is -2.02. The molecule has 0 amide bonds. The molecule has 0 bridgehead atoms. The normalized spacial score (nSPS) is 10.7. The molecule has 2 heterocycles. The summed E-state index contributed by atoms with van der Waals surface area (Å²) in [7, 11) is 0. The maximum Gasteiger partial charge on any atom is 0.223 e. The van der Waals surface area contributed by atoms with Gasteiger partial charge in [0.25, 0.3) is 0 Å². The third-order valence-electron chi connectivity index (χ3n) is 2.17. The van der Waals surface area contributed by atoms with E-state index in [0.29, 0.717) is 5.89 Å². The predicted octanol–water partition coefficient (Wildman–Crippen LogP) is 1.87. The standard InChI is InChI=1S/C11H13BrN4O/c1-8-14-11(16-17-8)5-6-13-7-9-3-2-4-10(12)15-9/h2-4,13H,5-7H2,1H3. The van der Waals surface area contributed by atoms with E-state index in [1.165, 1.54) is 0 Å². The van der Waals surface area contributed by atoms with Gasteiger partial charge in [-0.05, 0) is 28.1 Å². The second-order valence-electron chi connectivity index (χ2n) is 3.61. The van der Waals surface area contributed by atoms with Crippen LogP contribution in [0.4, 0.5) is 0 Å². The highest BCUT2D eigenvalue weighted by molar-refractivity contribution is 9.10. The van der Waals surface area contributed by atoms with Gasteiger partial charge in [-0.15, -0.1) is 0 Å². The second-order valence-corrected chi connectivity index (χ2v) is 4.42. The summed E-state index contributed by atoms with van der Waals surface area (Å²) in [6.07, 6.45) is 0.755. The molecular weight excluding hydrogens is 284 g/mol. The van der Waals surface area contributed by atoms with Crippen molar-refractivity contribution >= 4 is 15.9 Å². The van der Waals surface area contributed by atoms with Crippen LogP contribution < -0.4 is 5.32 Å². The van der Waals surface area contributed by atoms with Gasteiger partial charge in [-0.1, -0.05) is 11.2 Å². The maximum absolute atomic E-state index is 4.89. The van der Waals surface area contributed by atoms with E-state index >= 15 is 0 Å². The fraction of sp³-hybridized carbons (Fsp3) is 0.364. The van der Waals surface area contributed by atoms with E-state index < -0.39 is 0 Å². The fourth-order valence-corrected chi connectivity index (χ4v) is 1.79. The monoisotopic (exact) mass is 296 g/mol. The lowest BCUT2D eigenvalue weighted by atomic mass is 10.3. The van der Waals surface area contributed by atoms with E-state index in [2.05, 4.69) is 36.4 Å². The Balaban J connectivity index is 1.73. The molecule has 0 saturated heterocycles. The summed E-state index contributed by atoms with van der Waals surface area (Å²) >= 11 is 3.34. The third-order valence-corrected chi connectivity index (χ3v) is 2.62. The summed E-state index contributed by atoms with van der Waals surface area (Å²) in [5.74, 6) is 1.34. The molecule has 0 spiro atoms. The minimum atomic E-state index is 0.605. The van der Waals surface area contributed by atoms with Gasteiger partial charge in [0.15, 0.2) is 5.82 Å². The van der Waals surface area contributed by atoms with E-state index in [9.17, 15) is 0 Å². The first kappa shape index (κ1) is 12.2. The smallest absolute Gasteiger partial charge is 0.223 e. The maximum atomic E-state index is 4.89. The molecule has 2 aromatic heterocycles. The number of hydrogen-bond acceptors (Lipinski definition) is 5. The zero-order valence-electron chi connectivity index (χ0n) is 9.48. The van der Waals surface area contributed by atoms with Crippen LogP contribution in [0.25, 0.3) is 0 Å². The van der Waals surface area contributed by atoms with Crippen molar-refractivity contribution < 1.29 is 4.52 Å². The van der Waals surface area contributed by atoms with Crippen molar-refractivity contribution in [3.8, 4) is 0 Å². The molecule has 0 aromatic carbocycles. The van der Waals surface area contributed by atoms with Crippen LogP contribution in [0.2, 0.25) is 0 Å². The van der Waals surface area contributed by atoms with Gasteiger partial charge in [0, 0.05) is 26.4 Å². The molecule has 0 aliphatic heterocycles. The Bertz CT molecular complexity index is 486. The Kier molecular flexibility index (Phi) is 4.22. The molecule has 0 unspecified atom stereocenters. The van der Waals surface area contributed by atoms with Crippen molar-refractivity contribution in [1.29, 1.82) is 0 Å². The van der Waals surface area contributed by atoms with Gasteiger partial charge in [-0.3, -0.25) is 0 Å². The molecule has 1 N–H and O–H groups in total. The lowest BCUT2D eigenvalue weighted by molar-refractivity contribution is 0.387. The average molecular weight is 297 g/mol. The van der Waals surface area contributed by atoms with Crippen LogP contribution in [-0.4, -0.2) is 21.7 Å². The van der Waals surface area contributed by atoms with Gasteiger partial charge in [-0.25, -0.2) is 4.98 Å². The Morgan fingerprint density at radius 1 is 1.35 bits per heavy atom. The van der Waals surface area contributed by atoms with Crippen molar-refractivity contribution in [2.75, 3.05) is 6.54 Å². The SMILES string of the molecule is Cc1nc(CCNCc2cccc(Br)n2)no1. The first-order valence-corrected chi connectivity index (χ1v) is 6.14. The van der Waals surface area contributed by atoms with Crippen LogP contribution in [0, 0.1) is 6.92 Å². The number of hydrogen-bond donors (Lipinski definition) is 1. The molecule has 0 aliphatic rings. The van der Waals surface area contributed by atoms with Crippen LogP contribution in [0.3, 0.4) is 0 Å². The number of rotatable bonds is 5. The predicted molar refractivity (Wildman–Crippen MR) is 66.4 cm³/mol. The largest absolute Gasteiger partial charge is 0.340 e. The average Bonchev–Trinajstić information content (AvgIpc) is 2.71. The lowest BCUT2D eigenvalue weighted by Crippen LogP contribution is -2.17. The number of nitrogens with one attached hydrogen (secondary N) is 1. The number of aryl methyl sites for hydroxylation is 1. The van der Waals surface area contributed by atoms with Crippen molar-refractivity contribution in [2.45, 2.75) is 19.9 Å². The third kappa shape index (κ3) is 3.90. The summed E-state index contributed by atoms with van der Waals surface area (Å²) < 4.78 is 5.74. The molecule has 2 aromatic rings. The van der Waals surface area contributed by atoms with Gasteiger partial charge in [0.05, 0.1) is 5.69 Å². The molecule has 17 heavy (non-hydrogen) atoms. The highest BCUT2D eigenvalue weighted by Gasteiger charge is 2.01. The first-order chi connectivity index (χ1) is 8.24. The Hall–Kier alpha value is -1.27. The van der Waals surface area contributed by atoms with Crippen LogP contribution in [-0.2, 0) is 13.0 Å². The van der Waals surface area contributed by atoms with Gasteiger partial charge in [0.1, 0.15) is 4.60 Å². The van der Waals surface area contributed by atoms with E-state index in [0.717, 1.165) is 35.6 Å². The molecule has 0 fully saturated rings. The molecule has 0 saturated carbocycles. The summed E-state index contributed by atoms with van der Waals surface area (Å²) in [5.41, 5.74) is 1.00. The fourth-order valence-electron chi connectivity index (χ4n) is 1.41. The molecule has 0 radical (unpaired) electrons. The van der Waals surface area contributed by atoms with Crippen LogP contribution >= 0.6 is 15.9 Å². The number of pyridine rings is 1. The Labute approximate surface area is 108 Å². The zero-order chi connectivity index (χ0) is 12.1. The van der Waals surface area contributed by atoms with Gasteiger partial charge >= 0.3 is 0 Å². The summed E-state index contributed by atoms with van der Waals surface area (Å²) in [5, 5.41) is 7.11. The van der Waals surface area contributed by atoms with Crippen molar-refractivity contribution in [1.82, 2.24) is 20.4 Å². The number of nitrogens with zero attached hydrogens (tertiary/aromatic N) is 3. The Morgan fingerprint density at radius 3 is 2.94 bits per heavy atom. The summed E-state index contributed by atoms with van der Waals surface area (Å²) in [4.78, 5) is 8.45. The van der Waals surface area contributed by atoms with E-state index in [1.807, 2.05) is 18.2 Å². The Morgan fingerprint density at radius 2 is 2.24 bits per heavy atom. The van der Waals surface area contributed by atoms with E-state index in [-0.39, 0.29) is 0 Å². The van der Waals surface area contributed by atoms with Crippen LogP contribution in [0.15, 0.2) is 27.3 Å².